The summed E-state index contributed by atoms with van der Waals surface area (Å²) in [5.74, 6) is 2.44. The maximum atomic E-state index is 12.3. The lowest BCUT2D eigenvalue weighted by atomic mass is 10.0. The third-order valence-corrected chi connectivity index (χ3v) is 4.19. The van der Waals surface area contributed by atoms with Gasteiger partial charge in [0, 0.05) is 0 Å². The van der Waals surface area contributed by atoms with Crippen molar-refractivity contribution in [3.05, 3.63) is 53.6 Å². The van der Waals surface area contributed by atoms with Crippen molar-refractivity contribution in [1.29, 1.82) is 0 Å². The van der Waals surface area contributed by atoms with Crippen molar-refractivity contribution in [3.63, 3.8) is 0 Å². The molecule has 0 aromatic heterocycles. The summed E-state index contributed by atoms with van der Waals surface area (Å²) in [7, 11) is 1.62. The molecule has 5 heteroatoms. The fourth-order valence-corrected chi connectivity index (χ4v) is 2.62. The monoisotopic (exact) mass is 371 g/mol. The van der Waals surface area contributed by atoms with Crippen LogP contribution in [0.5, 0.6) is 17.2 Å². The summed E-state index contributed by atoms with van der Waals surface area (Å²) in [4.78, 5) is 12.3. The van der Waals surface area contributed by atoms with Gasteiger partial charge < -0.3 is 19.5 Å². The molecule has 2 rings (SSSR count). The van der Waals surface area contributed by atoms with Crippen LogP contribution in [-0.2, 0) is 4.79 Å². The number of carbonyl (C=O) groups is 1. The number of hydrogen-bond donors (Lipinski definition) is 1. The van der Waals surface area contributed by atoms with Crippen LogP contribution < -0.4 is 19.5 Å². The van der Waals surface area contributed by atoms with Crippen LogP contribution in [0.2, 0.25) is 0 Å². The van der Waals surface area contributed by atoms with Crippen LogP contribution in [0.25, 0.3) is 0 Å². The lowest BCUT2D eigenvalue weighted by molar-refractivity contribution is -0.127. The number of hydrogen-bond acceptors (Lipinski definition) is 4. The lowest BCUT2D eigenvalue weighted by Gasteiger charge is -2.19. The van der Waals surface area contributed by atoms with Gasteiger partial charge in [-0.05, 0) is 61.2 Å². The van der Waals surface area contributed by atoms with Crippen LogP contribution >= 0.6 is 0 Å². The first-order valence-corrected chi connectivity index (χ1v) is 9.22. The van der Waals surface area contributed by atoms with Crippen LogP contribution in [-0.4, -0.2) is 32.3 Å². The highest BCUT2D eigenvalue weighted by atomic mass is 16.5. The van der Waals surface area contributed by atoms with Gasteiger partial charge >= 0.3 is 0 Å². The van der Waals surface area contributed by atoms with E-state index in [0.29, 0.717) is 19.1 Å². The first-order chi connectivity index (χ1) is 12.9. The van der Waals surface area contributed by atoms with Crippen LogP contribution in [0.15, 0.2) is 42.5 Å². The fourth-order valence-electron chi connectivity index (χ4n) is 2.62. The molecule has 0 saturated heterocycles. The van der Waals surface area contributed by atoms with Gasteiger partial charge in [0.2, 0.25) is 0 Å². The predicted octanol–water partition coefficient (Wildman–Crippen LogP) is 4.09. The van der Waals surface area contributed by atoms with Crippen molar-refractivity contribution in [2.24, 2.45) is 0 Å². The second-order valence-electron chi connectivity index (χ2n) is 6.77. The summed E-state index contributed by atoms with van der Waals surface area (Å²) in [5, 5.41) is 2.85. The molecule has 0 aliphatic heterocycles. The molecule has 0 aliphatic carbocycles. The summed E-state index contributed by atoms with van der Waals surface area (Å²) < 4.78 is 16.6. The molecule has 0 fully saturated rings. The summed E-state index contributed by atoms with van der Waals surface area (Å²) in [5.41, 5.74) is 2.21. The lowest BCUT2D eigenvalue weighted by Crippen LogP contribution is -2.38. The van der Waals surface area contributed by atoms with Crippen LogP contribution in [0, 0.1) is 6.92 Å². The number of methoxy groups -OCH3 is 1. The third-order valence-electron chi connectivity index (χ3n) is 4.19. The molecule has 0 unspecified atom stereocenters. The number of carbonyl (C=O) groups excluding carboxylic acids is 1. The first kappa shape index (κ1) is 20.6. The number of ether oxygens (including phenoxy) is 3. The molecule has 0 heterocycles. The standard InChI is InChI=1S/C22H29NO4/c1-15(2)20-11-6-16(3)14-21(20)27-17(4)22(24)23-12-13-26-19-9-7-18(25-5)8-10-19/h6-11,14-15,17H,12-13H2,1-5H3,(H,23,24)/t17-/m1/s1. The van der Waals surface area contributed by atoms with E-state index in [1.807, 2.05) is 37.3 Å². The first-order valence-electron chi connectivity index (χ1n) is 9.22. The minimum Gasteiger partial charge on any atom is -0.497 e. The molecule has 2 aromatic rings. The van der Waals surface area contributed by atoms with Gasteiger partial charge in [0.15, 0.2) is 6.10 Å². The molecule has 1 N–H and O–H groups in total. The average Bonchev–Trinajstić information content (AvgIpc) is 2.65. The van der Waals surface area contributed by atoms with Crippen LogP contribution in [0.4, 0.5) is 0 Å². The Morgan fingerprint density at radius 3 is 2.33 bits per heavy atom. The molecule has 0 bridgehead atoms. The Kier molecular flexibility index (Phi) is 7.53. The molecular weight excluding hydrogens is 342 g/mol. The second kappa shape index (κ2) is 9.86. The van der Waals surface area contributed by atoms with E-state index in [2.05, 4.69) is 31.3 Å². The Bertz CT molecular complexity index is 740. The Morgan fingerprint density at radius 1 is 1.04 bits per heavy atom. The zero-order valence-corrected chi connectivity index (χ0v) is 16.7. The van der Waals surface area contributed by atoms with E-state index in [1.165, 1.54) is 0 Å². The third kappa shape index (κ3) is 6.20. The number of benzene rings is 2. The maximum Gasteiger partial charge on any atom is 0.260 e. The van der Waals surface area contributed by atoms with Gasteiger partial charge in [0.25, 0.3) is 5.91 Å². The van der Waals surface area contributed by atoms with Crippen LogP contribution in [0.3, 0.4) is 0 Å². The van der Waals surface area contributed by atoms with Gasteiger partial charge in [-0.15, -0.1) is 0 Å². The van der Waals surface area contributed by atoms with Gasteiger partial charge in [-0.3, -0.25) is 4.79 Å². The molecule has 1 amide bonds. The number of rotatable bonds is 9. The molecule has 0 spiro atoms. The second-order valence-corrected chi connectivity index (χ2v) is 6.77. The van der Waals surface area contributed by atoms with Crippen molar-refractivity contribution < 1.29 is 19.0 Å². The van der Waals surface area contributed by atoms with Gasteiger partial charge in [-0.2, -0.15) is 0 Å². The molecule has 5 nitrogen and oxygen atoms in total. The normalized spacial score (nSPS) is 11.8. The molecule has 2 aromatic carbocycles. The van der Waals surface area contributed by atoms with E-state index in [1.54, 1.807) is 14.0 Å². The van der Waals surface area contributed by atoms with Gasteiger partial charge in [0.05, 0.1) is 13.7 Å². The predicted molar refractivity (Wildman–Crippen MR) is 107 cm³/mol. The highest BCUT2D eigenvalue weighted by molar-refractivity contribution is 5.80. The fraction of sp³-hybridized carbons (Fsp3) is 0.409. The van der Waals surface area contributed by atoms with Crippen molar-refractivity contribution in [3.8, 4) is 17.2 Å². The Labute approximate surface area is 161 Å². The van der Waals surface area contributed by atoms with Gasteiger partial charge in [-0.25, -0.2) is 0 Å². The van der Waals surface area contributed by atoms with E-state index in [9.17, 15) is 4.79 Å². The summed E-state index contributed by atoms with van der Waals surface area (Å²) in [6.07, 6.45) is -0.578. The molecule has 1 atom stereocenters. The highest BCUT2D eigenvalue weighted by Gasteiger charge is 2.17. The number of aryl methyl sites for hydroxylation is 1. The quantitative estimate of drug-likeness (QED) is 0.675. The zero-order chi connectivity index (χ0) is 19.8. The van der Waals surface area contributed by atoms with E-state index in [0.717, 1.165) is 28.4 Å². The van der Waals surface area contributed by atoms with Crippen molar-refractivity contribution in [1.82, 2.24) is 5.32 Å². The molecule has 0 aliphatic rings. The molecule has 0 radical (unpaired) electrons. The minimum absolute atomic E-state index is 0.162. The van der Waals surface area contributed by atoms with Crippen molar-refractivity contribution >= 4 is 5.91 Å². The summed E-state index contributed by atoms with van der Waals surface area (Å²) >= 11 is 0. The number of nitrogens with one attached hydrogen (secondary N) is 1. The minimum atomic E-state index is -0.578. The molecule has 27 heavy (non-hydrogen) atoms. The Hall–Kier alpha value is -2.69. The van der Waals surface area contributed by atoms with Crippen LogP contribution in [0.1, 0.15) is 37.8 Å². The highest BCUT2D eigenvalue weighted by Crippen LogP contribution is 2.28. The maximum absolute atomic E-state index is 12.3. The summed E-state index contributed by atoms with van der Waals surface area (Å²) in [6, 6.07) is 13.4. The van der Waals surface area contributed by atoms with Crippen molar-refractivity contribution in [2.45, 2.75) is 39.7 Å². The SMILES string of the molecule is COc1ccc(OCCNC(=O)[C@@H](C)Oc2cc(C)ccc2C(C)C)cc1. The average molecular weight is 371 g/mol. The van der Waals surface area contributed by atoms with Crippen molar-refractivity contribution in [2.75, 3.05) is 20.3 Å². The van der Waals surface area contributed by atoms with E-state index >= 15 is 0 Å². The summed E-state index contributed by atoms with van der Waals surface area (Å²) in [6.45, 7) is 8.78. The molecular formula is C22H29NO4. The van der Waals surface area contributed by atoms with Gasteiger partial charge in [0.1, 0.15) is 23.9 Å². The Morgan fingerprint density at radius 2 is 1.70 bits per heavy atom. The topological polar surface area (TPSA) is 56.8 Å². The smallest absolute Gasteiger partial charge is 0.260 e. The van der Waals surface area contributed by atoms with E-state index in [4.69, 9.17) is 14.2 Å². The number of amides is 1. The van der Waals surface area contributed by atoms with E-state index < -0.39 is 6.10 Å². The van der Waals surface area contributed by atoms with Gasteiger partial charge in [-0.1, -0.05) is 26.0 Å². The van der Waals surface area contributed by atoms with E-state index in [-0.39, 0.29) is 5.91 Å². The zero-order valence-electron chi connectivity index (χ0n) is 16.7. The molecule has 146 valence electrons. The molecule has 0 saturated carbocycles. The largest absolute Gasteiger partial charge is 0.497 e. The Balaban J connectivity index is 1.81.